The third-order valence-electron chi connectivity index (χ3n) is 2.25. The highest BCUT2D eigenvalue weighted by molar-refractivity contribution is 9.10. The molecule has 1 aliphatic heterocycles. The fraction of sp³-hybridized carbons (Fsp3) is 0.455. The molecule has 0 saturated carbocycles. The van der Waals surface area contributed by atoms with Crippen molar-refractivity contribution in [2.24, 2.45) is 0 Å². The molecule has 0 bridgehead atoms. The van der Waals surface area contributed by atoms with Gasteiger partial charge in [0, 0.05) is 4.47 Å². The summed E-state index contributed by atoms with van der Waals surface area (Å²) >= 11 is 3.44. The maximum Gasteiger partial charge on any atom is 0.104 e. The van der Waals surface area contributed by atoms with E-state index in [1.165, 1.54) is 5.56 Å². The predicted octanol–water partition coefficient (Wildman–Crippen LogP) is 2.93. The summed E-state index contributed by atoms with van der Waals surface area (Å²) in [6.07, 6.45) is 0.473. The van der Waals surface area contributed by atoms with Crippen LogP contribution in [0.1, 0.15) is 18.6 Å². The molecule has 2 rings (SSSR count). The van der Waals surface area contributed by atoms with Crippen LogP contribution in [0.25, 0.3) is 0 Å². The lowest BCUT2D eigenvalue weighted by atomic mass is 10.1. The Hall–Kier alpha value is -0.380. The van der Waals surface area contributed by atoms with E-state index in [-0.39, 0.29) is 6.10 Å². The minimum absolute atomic E-state index is 0.136. The molecule has 1 heterocycles. The van der Waals surface area contributed by atoms with E-state index in [1.54, 1.807) is 0 Å². The second kappa shape index (κ2) is 4.43. The van der Waals surface area contributed by atoms with Crippen LogP contribution in [0.3, 0.4) is 0 Å². The van der Waals surface area contributed by atoms with E-state index in [1.807, 2.05) is 12.1 Å². The van der Waals surface area contributed by atoms with E-state index in [0.717, 1.165) is 11.1 Å². The molecule has 0 aromatic heterocycles. The summed E-state index contributed by atoms with van der Waals surface area (Å²) in [5.41, 5.74) is 1.19. The summed E-state index contributed by atoms with van der Waals surface area (Å²) in [4.78, 5) is 0. The highest BCUT2D eigenvalue weighted by Crippen LogP contribution is 2.22. The first kappa shape index (κ1) is 10.1. The van der Waals surface area contributed by atoms with Crippen molar-refractivity contribution in [1.29, 1.82) is 0 Å². The van der Waals surface area contributed by atoms with E-state index < -0.39 is 0 Å². The number of rotatable bonds is 4. The lowest BCUT2D eigenvalue weighted by Crippen LogP contribution is -2.05. The normalized spacial score (nSPS) is 22.0. The molecule has 1 aromatic rings. The molecule has 76 valence electrons. The summed E-state index contributed by atoms with van der Waals surface area (Å²) < 4.78 is 11.8. The van der Waals surface area contributed by atoms with E-state index in [4.69, 9.17) is 9.47 Å². The molecule has 0 spiro atoms. The molecule has 1 aromatic carbocycles. The van der Waals surface area contributed by atoms with E-state index >= 15 is 0 Å². The molecule has 0 N–H and O–H groups in total. The summed E-state index contributed by atoms with van der Waals surface area (Å²) in [7, 11) is 0. The molecule has 2 atom stereocenters. The van der Waals surface area contributed by atoms with Crippen molar-refractivity contribution in [3.63, 3.8) is 0 Å². The molecule has 1 aliphatic rings. The van der Waals surface area contributed by atoms with E-state index in [2.05, 4.69) is 35.0 Å². The van der Waals surface area contributed by atoms with E-state index in [9.17, 15) is 0 Å². The molecule has 0 amide bonds. The quantitative estimate of drug-likeness (QED) is 0.773. The Labute approximate surface area is 92.3 Å². The van der Waals surface area contributed by atoms with Gasteiger partial charge in [-0.3, -0.25) is 0 Å². The molecule has 0 unspecified atom stereocenters. The number of benzene rings is 1. The average Bonchev–Trinajstić information content (AvgIpc) is 2.97. The van der Waals surface area contributed by atoms with Gasteiger partial charge in [-0.15, -0.1) is 0 Å². The average molecular weight is 257 g/mol. The van der Waals surface area contributed by atoms with Gasteiger partial charge in [0.05, 0.1) is 19.3 Å². The fourth-order valence-electron chi connectivity index (χ4n) is 1.27. The van der Waals surface area contributed by atoms with Crippen molar-refractivity contribution in [1.82, 2.24) is 0 Å². The van der Waals surface area contributed by atoms with Crippen LogP contribution in [0, 0.1) is 0 Å². The van der Waals surface area contributed by atoms with Gasteiger partial charge in [-0.05, 0) is 24.6 Å². The minimum atomic E-state index is 0.136. The third kappa shape index (κ3) is 2.80. The zero-order chi connectivity index (χ0) is 9.97. The van der Waals surface area contributed by atoms with Gasteiger partial charge in [-0.25, -0.2) is 0 Å². The Kier molecular flexibility index (Phi) is 3.21. The van der Waals surface area contributed by atoms with Gasteiger partial charge in [0.15, 0.2) is 0 Å². The van der Waals surface area contributed by atoms with Crippen LogP contribution >= 0.6 is 15.9 Å². The molecule has 3 heteroatoms. The van der Waals surface area contributed by atoms with E-state index in [0.29, 0.717) is 12.7 Å². The van der Waals surface area contributed by atoms with Crippen molar-refractivity contribution in [2.75, 3.05) is 13.2 Å². The molecule has 1 fully saturated rings. The van der Waals surface area contributed by atoms with Gasteiger partial charge in [0.25, 0.3) is 0 Å². The molecule has 0 aliphatic carbocycles. The van der Waals surface area contributed by atoms with Crippen LogP contribution in [0.2, 0.25) is 0 Å². The molecular weight excluding hydrogens is 244 g/mol. The Morgan fingerprint density at radius 2 is 2.43 bits per heavy atom. The first-order chi connectivity index (χ1) is 6.75. The molecular formula is C11H13BrO2. The van der Waals surface area contributed by atoms with Crippen LogP contribution in [0.5, 0.6) is 0 Å². The summed E-state index contributed by atoms with van der Waals surface area (Å²) in [5, 5.41) is 0. The smallest absolute Gasteiger partial charge is 0.104 e. The van der Waals surface area contributed by atoms with Crippen LogP contribution in [-0.2, 0) is 9.47 Å². The van der Waals surface area contributed by atoms with Crippen LogP contribution < -0.4 is 0 Å². The lowest BCUT2D eigenvalue weighted by molar-refractivity contribution is 0.0539. The first-order valence-corrected chi connectivity index (χ1v) is 5.53. The highest BCUT2D eigenvalue weighted by Gasteiger charge is 2.23. The van der Waals surface area contributed by atoms with Crippen molar-refractivity contribution >= 4 is 15.9 Å². The van der Waals surface area contributed by atoms with Gasteiger partial charge in [0.1, 0.15) is 6.10 Å². The summed E-state index contributed by atoms with van der Waals surface area (Å²) in [6.45, 7) is 3.61. The van der Waals surface area contributed by atoms with Crippen molar-refractivity contribution in [3.8, 4) is 0 Å². The van der Waals surface area contributed by atoms with Crippen LogP contribution in [0.4, 0.5) is 0 Å². The van der Waals surface area contributed by atoms with Gasteiger partial charge < -0.3 is 9.47 Å². The number of epoxide rings is 1. The Morgan fingerprint density at radius 3 is 3.07 bits per heavy atom. The standard InChI is InChI=1S/C11H13BrO2/c1-8(13-6-11-7-14-11)9-3-2-4-10(12)5-9/h2-5,8,11H,6-7H2,1H3/t8-,11+/m0/s1. The molecule has 1 saturated heterocycles. The van der Waals surface area contributed by atoms with Crippen LogP contribution in [-0.4, -0.2) is 19.3 Å². The lowest BCUT2D eigenvalue weighted by Gasteiger charge is -2.12. The monoisotopic (exact) mass is 256 g/mol. The van der Waals surface area contributed by atoms with Gasteiger partial charge in [-0.2, -0.15) is 0 Å². The highest BCUT2D eigenvalue weighted by atomic mass is 79.9. The largest absolute Gasteiger partial charge is 0.371 e. The van der Waals surface area contributed by atoms with Crippen molar-refractivity contribution < 1.29 is 9.47 Å². The van der Waals surface area contributed by atoms with Gasteiger partial charge >= 0.3 is 0 Å². The summed E-state index contributed by atoms with van der Waals surface area (Å²) in [5.74, 6) is 0. The predicted molar refractivity (Wildman–Crippen MR) is 58.2 cm³/mol. The van der Waals surface area contributed by atoms with Gasteiger partial charge in [0.2, 0.25) is 0 Å². The second-order valence-corrected chi connectivity index (χ2v) is 4.40. The maximum absolute atomic E-state index is 5.66. The Balaban J connectivity index is 1.91. The number of hydrogen-bond donors (Lipinski definition) is 0. The van der Waals surface area contributed by atoms with Gasteiger partial charge in [-0.1, -0.05) is 28.1 Å². The second-order valence-electron chi connectivity index (χ2n) is 3.49. The molecule has 0 radical (unpaired) electrons. The maximum atomic E-state index is 5.66. The zero-order valence-electron chi connectivity index (χ0n) is 8.07. The third-order valence-corrected chi connectivity index (χ3v) is 2.75. The zero-order valence-corrected chi connectivity index (χ0v) is 9.66. The van der Waals surface area contributed by atoms with Crippen LogP contribution in [0.15, 0.2) is 28.7 Å². The Morgan fingerprint density at radius 1 is 1.64 bits per heavy atom. The molecule has 14 heavy (non-hydrogen) atoms. The topological polar surface area (TPSA) is 21.8 Å². The summed E-state index contributed by atoms with van der Waals surface area (Å²) in [6, 6.07) is 8.19. The minimum Gasteiger partial charge on any atom is -0.371 e. The van der Waals surface area contributed by atoms with Crippen molar-refractivity contribution in [2.45, 2.75) is 19.1 Å². The number of ether oxygens (including phenoxy) is 2. The number of hydrogen-bond acceptors (Lipinski definition) is 2. The molecule has 2 nitrogen and oxygen atoms in total. The first-order valence-electron chi connectivity index (χ1n) is 4.74. The SMILES string of the molecule is C[C@H](OC[C@@H]1CO1)c1cccc(Br)c1. The Bertz CT molecular complexity index is 310. The number of halogens is 1. The fourth-order valence-corrected chi connectivity index (χ4v) is 1.69. The van der Waals surface area contributed by atoms with Crippen molar-refractivity contribution in [3.05, 3.63) is 34.3 Å².